The average molecular weight is 299 g/mol. The van der Waals surface area contributed by atoms with Crippen LogP contribution in [0.3, 0.4) is 0 Å². The molecule has 1 aromatic heterocycles. The zero-order chi connectivity index (χ0) is 14.8. The van der Waals surface area contributed by atoms with Crippen LogP contribution in [-0.4, -0.2) is 35.8 Å². The van der Waals surface area contributed by atoms with Crippen LogP contribution in [0.15, 0.2) is 6.33 Å². The first-order chi connectivity index (χ1) is 9.46. The highest BCUT2D eigenvalue weighted by Gasteiger charge is 2.25. The SMILES string of the molecule is CCc1ncn(S(=O)(=O)N(C)C)c1CC1CCCCC1. The summed E-state index contributed by atoms with van der Waals surface area (Å²) < 4.78 is 27.4. The Morgan fingerprint density at radius 1 is 1.30 bits per heavy atom. The molecule has 0 spiro atoms. The molecule has 1 aliphatic carbocycles. The molecule has 0 aromatic carbocycles. The molecular formula is C14H25N3O2S. The van der Waals surface area contributed by atoms with Crippen molar-refractivity contribution < 1.29 is 8.42 Å². The number of nitrogens with zero attached hydrogens (tertiary/aromatic N) is 3. The van der Waals surface area contributed by atoms with Gasteiger partial charge in [0.15, 0.2) is 0 Å². The molecule has 0 unspecified atom stereocenters. The standard InChI is InChI=1S/C14H25N3O2S/c1-4-13-14(10-12-8-6-5-7-9-12)17(11-15-13)20(18,19)16(2)3/h11-12H,4-10H2,1-3H3. The lowest BCUT2D eigenvalue weighted by Gasteiger charge is -2.23. The van der Waals surface area contributed by atoms with Crippen LogP contribution in [0.4, 0.5) is 0 Å². The van der Waals surface area contributed by atoms with Gasteiger partial charge in [0, 0.05) is 14.1 Å². The van der Waals surface area contributed by atoms with E-state index in [9.17, 15) is 8.42 Å². The van der Waals surface area contributed by atoms with E-state index in [4.69, 9.17) is 0 Å². The van der Waals surface area contributed by atoms with Gasteiger partial charge >= 0.3 is 10.2 Å². The van der Waals surface area contributed by atoms with Crippen molar-refractivity contribution in [3.05, 3.63) is 17.7 Å². The highest BCUT2D eigenvalue weighted by atomic mass is 32.2. The van der Waals surface area contributed by atoms with Gasteiger partial charge in [0.2, 0.25) is 0 Å². The van der Waals surface area contributed by atoms with Gasteiger partial charge in [-0.1, -0.05) is 39.0 Å². The second-order valence-corrected chi connectivity index (χ2v) is 7.81. The Kier molecular flexibility index (Phi) is 4.86. The topological polar surface area (TPSA) is 55.2 Å². The molecule has 5 nitrogen and oxygen atoms in total. The van der Waals surface area contributed by atoms with Crippen LogP contribution in [0.5, 0.6) is 0 Å². The van der Waals surface area contributed by atoms with Crippen molar-refractivity contribution in [3.63, 3.8) is 0 Å². The van der Waals surface area contributed by atoms with E-state index in [1.165, 1.54) is 46.7 Å². The van der Waals surface area contributed by atoms with E-state index < -0.39 is 10.2 Å². The summed E-state index contributed by atoms with van der Waals surface area (Å²) in [6, 6.07) is 0. The molecule has 1 aliphatic rings. The van der Waals surface area contributed by atoms with Gasteiger partial charge in [0.05, 0.1) is 11.4 Å². The molecule has 2 rings (SSSR count). The molecule has 0 N–H and O–H groups in total. The van der Waals surface area contributed by atoms with Crippen LogP contribution in [0.2, 0.25) is 0 Å². The minimum absolute atomic E-state index is 0.599. The monoisotopic (exact) mass is 299 g/mol. The zero-order valence-electron chi connectivity index (χ0n) is 12.7. The van der Waals surface area contributed by atoms with Crippen LogP contribution in [-0.2, 0) is 23.1 Å². The van der Waals surface area contributed by atoms with E-state index in [-0.39, 0.29) is 0 Å². The van der Waals surface area contributed by atoms with E-state index in [1.54, 1.807) is 14.1 Å². The molecular weight excluding hydrogens is 274 g/mol. The summed E-state index contributed by atoms with van der Waals surface area (Å²) in [7, 11) is -0.338. The van der Waals surface area contributed by atoms with E-state index >= 15 is 0 Å². The number of hydrogen-bond donors (Lipinski definition) is 0. The summed E-state index contributed by atoms with van der Waals surface area (Å²) >= 11 is 0. The third-order valence-corrected chi connectivity index (χ3v) is 5.90. The summed E-state index contributed by atoms with van der Waals surface area (Å²) in [5.74, 6) is 0.599. The Hall–Kier alpha value is -0.880. The molecule has 0 amide bonds. The smallest absolute Gasteiger partial charge is 0.240 e. The molecule has 114 valence electrons. The molecule has 1 aromatic rings. The minimum atomic E-state index is -3.46. The summed E-state index contributed by atoms with van der Waals surface area (Å²) in [6.45, 7) is 2.03. The normalized spacial score (nSPS) is 17.8. The van der Waals surface area contributed by atoms with Crippen molar-refractivity contribution in [2.45, 2.75) is 51.9 Å². The third-order valence-electron chi connectivity index (χ3n) is 4.17. The van der Waals surface area contributed by atoms with Crippen LogP contribution < -0.4 is 0 Å². The van der Waals surface area contributed by atoms with Gasteiger partial charge < -0.3 is 0 Å². The fourth-order valence-electron chi connectivity index (χ4n) is 2.94. The summed E-state index contributed by atoms with van der Waals surface area (Å²) in [5, 5.41) is 0. The number of hydrogen-bond acceptors (Lipinski definition) is 3. The molecule has 0 aliphatic heterocycles. The predicted molar refractivity (Wildman–Crippen MR) is 79.9 cm³/mol. The maximum Gasteiger partial charge on any atom is 0.308 e. The molecule has 1 fully saturated rings. The van der Waals surface area contributed by atoms with Gasteiger partial charge in [0.1, 0.15) is 6.33 Å². The van der Waals surface area contributed by atoms with E-state index in [2.05, 4.69) is 4.98 Å². The Morgan fingerprint density at radius 3 is 2.50 bits per heavy atom. The summed E-state index contributed by atoms with van der Waals surface area (Å²) in [5.41, 5.74) is 1.80. The molecule has 1 saturated carbocycles. The Bertz CT molecular complexity index is 543. The lowest BCUT2D eigenvalue weighted by Crippen LogP contribution is -2.30. The molecule has 6 heteroatoms. The van der Waals surface area contributed by atoms with Crippen LogP contribution in [0, 0.1) is 5.92 Å². The largest absolute Gasteiger partial charge is 0.308 e. The van der Waals surface area contributed by atoms with Gasteiger partial charge in [-0.2, -0.15) is 12.7 Å². The van der Waals surface area contributed by atoms with Crippen molar-refractivity contribution in [3.8, 4) is 0 Å². The molecule has 0 saturated heterocycles. The van der Waals surface area contributed by atoms with E-state index in [1.807, 2.05) is 6.92 Å². The molecule has 20 heavy (non-hydrogen) atoms. The lowest BCUT2D eigenvalue weighted by atomic mass is 9.86. The van der Waals surface area contributed by atoms with E-state index in [0.717, 1.165) is 24.2 Å². The van der Waals surface area contributed by atoms with Gasteiger partial charge in [0.25, 0.3) is 0 Å². The number of aryl methyl sites for hydroxylation is 1. The first-order valence-corrected chi connectivity index (χ1v) is 8.84. The third kappa shape index (κ3) is 3.06. The fraction of sp³-hybridized carbons (Fsp3) is 0.786. The molecule has 0 radical (unpaired) electrons. The predicted octanol–water partition coefficient (Wildman–Crippen LogP) is 2.22. The highest BCUT2D eigenvalue weighted by molar-refractivity contribution is 7.87. The summed E-state index contributed by atoms with van der Waals surface area (Å²) in [4.78, 5) is 4.31. The Balaban J connectivity index is 2.32. The maximum absolute atomic E-state index is 12.4. The zero-order valence-corrected chi connectivity index (χ0v) is 13.5. The highest BCUT2D eigenvalue weighted by Crippen LogP contribution is 2.28. The van der Waals surface area contributed by atoms with Gasteiger partial charge in [-0.25, -0.2) is 8.96 Å². The first kappa shape index (κ1) is 15.5. The van der Waals surface area contributed by atoms with Gasteiger partial charge in [-0.3, -0.25) is 0 Å². The van der Waals surface area contributed by atoms with Gasteiger partial charge in [-0.05, 0) is 18.8 Å². The quantitative estimate of drug-likeness (QED) is 0.837. The summed E-state index contributed by atoms with van der Waals surface area (Å²) in [6.07, 6.45) is 9.32. The maximum atomic E-state index is 12.4. The lowest BCUT2D eigenvalue weighted by molar-refractivity contribution is 0.352. The number of imidazole rings is 1. The molecule has 0 bridgehead atoms. The van der Waals surface area contributed by atoms with Crippen molar-refractivity contribution in [1.29, 1.82) is 0 Å². The van der Waals surface area contributed by atoms with Crippen LogP contribution in [0.25, 0.3) is 0 Å². The Morgan fingerprint density at radius 2 is 1.95 bits per heavy atom. The van der Waals surface area contributed by atoms with Crippen LogP contribution in [0.1, 0.15) is 50.4 Å². The first-order valence-electron chi connectivity index (χ1n) is 7.45. The fourth-order valence-corrected chi connectivity index (χ4v) is 3.91. The minimum Gasteiger partial charge on any atom is -0.240 e. The second-order valence-electron chi connectivity index (χ2n) is 5.79. The molecule has 0 atom stereocenters. The van der Waals surface area contributed by atoms with Gasteiger partial charge in [-0.15, -0.1) is 0 Å². The Labute approximate surface area is 122 Å². The van der Waals surface area contributed by atoms with E-state index in [0.29, 0.717) is 5.92 Å². The molecule has 1 heterocycles. The number of rotatable bonds is 5. The number of aromatic nitrogens is 2. The van der Waals surface area contributed by atoms with Crippen molar-refractivity contribution in [1.82, 2.24) is 13.3 Å². The van der Waals surface area contributed by atoms with Crippen LogP contribution >= 0.6 is 0 Å². The van der Waals surface area contributed by atoms with Crippen molar-refractivity contribution >= 4 is 10.2 Å². The average Bonchev–Trinajstić information content (AvgIpc) is 2.83. The van der Waals surface area contributed by atoms with Crippen molar-refractivity contribution in [2.24, 2.45) is 5.92 Å². The second kappa shape index (κ2) is 6.26. The van der Waals surface area contributed by atoms with Crippen molar-refractivity contribution in [2.75, 3.05) is 14.1 Å².